The number of hydrogen-bond acceptors (Lipinski definition) is 5. The maximum atomic E-state index is 5.99. The van der Waals surface area contributed by atoms with Crippen LogP contribution in [0.25, 0.3) is 0 Å². The Bertz CT molecular complexity index is 806. The van der Waals surface area contributed by atoms with Gasteiger partial charge in [-0.15, -0.1) is 0 Å². The lowest BCUT2D eigenvalue weighted by Gasteiger charge is -2.34. The van der Waals surface area contributed by atoms with Crippen LogP contribution in [0.2, 0.25) is 0 Å². The number of rotatable bonds is 4. The molecule has 0 spiro atoms. The minimum absolute atomic E-state index is 0.146. The highest BCUT2D eigenvalue weighted by atomic mass is 32.1. The van der Waals surface area contributed by atoms with Crippen LogP contribution in [0, 0.1) is 0 Å². The Kier molecular flexibility index (Phi) is 6.34. The number of nitrogens with zero attached hydrogens (tertiary/aromatic N) is 3. The fraction of sp³-hybridized carbons (Fsp3) is 0.476. The predicted molar refractivity (Wildman–Crippen MR) is 118 cm³/mol. The minimum atomic E-state index is -0.146. The molecule has 6 nitrogen and oxygen atoms in total. The predicted octanol–water partition coefficient (Wildman–Crippen LogP) is 4.73. The van der Waals surface area contributed by atoms with Crippen LogP contribution in [0.15, 0.2) is 36.4 Å². The number of anilines is 2. The summed E-state index contributed by atoms with van der Waals surface area (Å²) < 4.78 is 5.99. The number of para-hydroxylation sites is 1. The zero-order valence-corrected chi connectivity index (χ0v) is 17.8. The normalized spacial score (nSPS) is 17.1. The van der Waals surface area contributed by atoms with E-state index in [0.29, 0.717) is 23.0 Å². The van der Waals surface area contributed by atoms with Gasteiger partial charge in [0.05, 0.1) is 0 Å². The molecule has 7 heteroatoms. The molecule has 1 unspecified atom stereocenters. The quantitative estimate of drug-likeness (QED) is 0.721. The number of nitrogens with one attached hydrogen (secondary N) is 2. The molecule has 0 aliphatic carbocycles. The van der Waals surface area contributed by atoms with E-state index in [1.807, 2.05) is 36.4 Å². The first-order valence-corrected chi connectivity index (χ1v) is 10.2. The van der Waals surface area contributed by atoms with E-state index in [9.17, 15) is 0 Å². The molecule has 3 rings (SSSR count). The van der Waals surface area contributed by atoms with Gasteiger partial charge in [0.2, 0.25) is 11.8 Å². The number of benzene rings is 1. The molecular formula is C21H29N5OS. The highest BCUT2D eigenvalue weighted by Gasteiger charge is 2.22. The summed E-state index contributed by atoms with van der Waals surface area (Å²) in [7, 11) is 0. The first-order chi connectivity index (χ1) is 13.3. The molecule has 2 aromatic rings. The fourth-order valence-corrected chi connectivity index (χ4v) is 3.59. The molecule has 1 saturated heterocycles. The van der Waals surface area contributed by atoms with Gasteiger partial charge in [0.1, 0.15) is 11.6 Å². The monoisotopic (exact) mass is 399 g/mol. The summed E-state index contributed by atoms with van der Waals surface area (Å²) in [6.45, 7) is 9.37. The Balaban J connectivity index is 1.88. The van der Waals surface area contributed by atoms with E-state index in [1.165, 1.54) is 6.42 Å². The van der Waals surface area contributed by atoms with E-state index in [1.54, 1.807) is 0 Å². The van der Waals surface area contributed by atoms with Crippen LogP contribution in [0.5, 0.6) is 11.6 Å². The first-order valence-electron chi connectivity index (χ1n) is 9.78. The van der Waals surface area contributed by atoms with Crippen molar-refractivity contribution in [3.05, 3.63) is 36.4 Å². The van der Waals surface area contributed by atoms with Gasteiger partial charge < -0.3 is 20.3 Å². The molecule has 1 aliphatic rings. The van der Waals surface area contributed by atoms with Crippen molar-refractivity contribution in [1.29, 1.82) is 0 Å². The second-order valence-corrected chi connectivity index (χ2v) is 8.58. The Morgan fingerprint density at radius 2 is 1.93 bits per heavy atom. The first kappa shape index (κ1) is 20.3. The molecular weight excluding hydrogens is 370 g/mol. The van der Waals surface area contributed by atoms with Crippen LogP contribution in [0.1, 0.15) is 47.0 Å². The molecule has 1 fully saturated rings. The van der Waals surface area contributed by atoms with E-state index in [2.05, 4.69) is 48.2 Å². The lowest BCUT2D eigenvalue weighted by atomic mass is 10.0. The van der Waals surface area contributed by atoms with Crippen molar-refractivity contribution in [2.45, 2.75) is 58.5 Å². The number of piperidine rings is 1. The molecule has 1 aromatic heterocycles. The maximum Gasteiger partial charge on any atom is 0.234 e. The lowest BCUT2D eigenvalue weighted by molar-refractivity contribution is 0.457. The topological polar surface area (TPSA) is 62.3 Å². The van der Waals surface area contributed by atoms with Gasteiger partial charge in [0.25, 0.3) is 0 Å². The average Bonchev–Trinajstić information content (AvgIpc) is 2.61. The molecule has 0 radical (unpaired) electrons. The molecule has 150 valence electrons. The summed E-state index contributed by atoms with van der Waals surface area (Å²) in [5.74, 6) is 2.52. The van der Waals surface area contributed by atoms with Gasteiger partial charge in [-0.05, 0) is 71.3 Å². The Morgan fingerprint density at radius 3 is 2.61 bits per heavy atom. The van der Waals surface area contributed by atoms with E-state index in [4.69, 9.17) is 21.9 Å². The third kappa shape index (κ3) is 5.79. The van der Waals surface area contributed by atoms with Gasteiger partial charge in [-0.3, -0.25) is 0 Å². The zero-order valence-electron chi connectivity index (χ0n) is 17.0. The summed E-state index contributed by atoms with van der Waals surface area (Å²) >= 11 is 5.42. The van der Waals surface area contributed by atoms with Crippen molar-refractivity contribution in [2.24, 2.45) is 0 Å². The SMILES string of the molecule is CC1CCCCN1c1cc(Oc2ccccc2)nc(NC(=S)NC(C)(C)C)n1. The van der Waals surface area contributed by atoms with Crippen LogP contribution in [0.3, 0.4) is 0 Å². The van der Waals surface area contributed by atoms with Crippen LogP contribution in [0.4, 0.5) is 11.8 Å². The Morgan fingerprint density at radius 1 is 1.18 bits per heavy atom. The van der Waals surface area contributed by atoms with Gasteiger partial charge in [0, 0.05) is 24.2 Å². The molecule has 1 aliphatic heterocycles. The summed E-state index contributed by atoms with van der Waals surface area (Å²) in [6.07, 6.45) is 3.57. The van der Waals surface area contributed by atoms with E-state index in [-0.39, 0.29) is 5.54 Å². The summed E-state index contributed by atoms with van der Waals surface area (Å²) in [6, 6.07) is 12.0. The molecule has 1 aromatic carbocycles. The van der Waals surface area contributed by atoms with Crippen LogP contribution in [-0.2, 0) is 0 Å². The molecule has 2 heterocycles. The van der Waals surface area contributed by atoms with E-state index >= 15 is 0 Å². The highest BCUT2D eigenvalue weighted by molar-refractivity contribution is 7.80. The number of aromatic nitrogens is 2. The standard InChI is InChI=1S/C21H29N5OS/c1-15-10-8-9-13-26(15)17-14-18(27-16-11-6-5-7-12-16)23-19(22-17)24-20(28)25-21(2,3)4/h5-7,11-12,14-15H,8-10,13H2,1-4H3,(H2,22,23,24,25,28). The largest absolute Gasteiger partial charge is 0.439 e. The molecule has 0 amide bonds. The van der Waals surface area contributed by atoms with Crippen molar-refractivity contribution in [3.63, 3.8) is 0 Å². The highest BCUT2D eigenvalue weighted by Crippen LogP contribution is 2.28. The molecule has 2 N–H and O–H groups in total. The number of hydrogen-bond donors (Lipinski definition) is 2. The van der Waals surface area contributed by atoms with Gasteiger partial charge in [-0.25, -0.2) is 0 Å². The van der Waals surface area contributed by atoms with Gasteiger partial charge in [-0.2, -0.15) is 9.97 Å². The van der Waals surface area contributed by atoms with Crippen LogP contribution < -0.4 is 20.3 Å². The van der Waals surface area contributed by atoms with Gasteiger partial charge in [0.15, 0.2) is 5.11 Å². The minimum Gasteiger partial charge on any atom is -0.439 e. The summed E-state index contributed by atoms with van der Waals surface area (Å²) in [5.41, 5.74) is -0.146. The Hall–Kier alpha value is -2.41. The molecule has 0 saturated carbocycles. The third-order valence-electron chi connectivity index (χ3n) is 4.47. The zero-order chi connectivity index (χ0) is 20.1. The lowest BCUT2D eigenvalue weighted by Crippen LogP contribution is -2.43. The number of ether oxygens (including phenoxy) is 1. The van der Waals surface area contributed by atoms with Crippen molar-refractivity contribution in [1.82, 2.24) is 15.3 Å². The van der Waals surface area contributed by atoms with Crippen molar-refractivity contribution < 1.29 is 4.74 Å². The van der Waals surface area contributed by atoms with Gasteiger partial charge in [-0.1, -0.05) is 18.2 Å². The van der Waals surface area contributed by atoms with Crippen molar-refractivity contribution in [3.8, 4) is 11.6 Å². The maximum absolute atomic E-state index is 5.99. The molecule has 1 atom stereocenters. The van der Waals surface area contributed by atoms with Crippen molar-refractivity contribution >= 4 is 29.1 Å². The second-order valence-electron chi connectivity index (χ2n) is 8.17. The average molecular weight is 400 g/mol. The van der Waals surface area contributed by atoms with E-state index in [0.717, 1.165) is 31.0 Å². The third-order valence-corrected chi connectivity index (χ3v) is 4.67. The fourth-order valence-electron chi connectivity index (χ4n) is 3.19. The van der Waals surface area contributed by atoms with Crippen LogP contribution in [-0.4, -0.2) is 33.2 Å². The second kappa shape index (κ2) is 8.73. The van der Waals surface area contributed by atoms with Gasteiger partial charge >= 0.3 is 0 Å². The van der Waals surface area contributed by atoms with Crippen LogP contribution >= 0.6 is 12.2 Å². The summed E-state index contributed by atoms with van der Waals surface area (Å²) in [5, 5.41) is 6.83. The molecule has 0 bridgehead atoms. The smallest absolute Gasteiger partial charge is 0.234 e. The molecule has 28 heavy (non-hydrogen) atoms. The van der Waals surface area contributed by atoms with Crippen molar-refractivity contribution in [2.75, 3.05) is 16.8 Å². The van der Waals surface area contributed by atoms with E-state index < -0.39 is 0 Å². The number of thiocarbonyl (C=S) groups is 1. The Labute approximate surface area is 172 Å². The summed E-state index contributed by atoms with van der Waals surface area (Å²) in [4.78, 5) is 11.5.